The fourth-order valence-electron chi connectivity index (χ4n) is 4.72. The molecule has 1 aliphatic rings. The third kappa shape index (κ3) is 5.47. The molecule has 11 nitrogen and oxygen atoms in total. The quantitative estimate of drug-likeness (QED) is 0.0729. The molecule has 42 heavy (non-hydrogen) atoms. The average Bonchev–Trinajstić information content (AvgIpc) is 3.78. The highest BCUT2D eigenvalue weighted by Crippen LogP contribution is 2.41. The number of thiazole rings is 1. The van der Waals surface area contributed by atoms with E-state index in [1.165, 1.54) is 0 Å². The van der Waals surface area contributed by atoms with E-state index in [1.54, 1.807) is 17.2 Å². The summed E-state index contributed by atoms with van der Waals surface area (Å²) in [5.41, 5.74) is 8.24. The minimum atomic E-state index is -0.410. The fraction of sp³-hybridized carbons (Fsp3) is 0.179. The number of fused-ring (bicyclic) bond motifs is 2. The van der Waals surface area contributed by atoms with Crippen LogP contribution in [0.2, 0.25) is 0 Å². The van der Waals surface area contributed by atoms with Crippen molar-refractivity contribution in [2.24, 2.45) is 10.7 Å². The van der Waals surface area contributed by atoms with Gasteiger partial charge in [-0.25, -0.2) is 4.98 Å². The number of nitrogens with zero attached hydrogens (tertiary/aromatic N) is 4. The van der Waals surface area contributed by atoms with Gasteiger partial charge in [-0.05, 0) is 35.8 Å². The highest BCUT2D eigenvalue weighted by molar-refractivity contribution is 9.09. The molecule has 1 aromatic carbocycles. The summed E-state index contributed by atoms with van der Waals surface area (Å²) in [6, 6.07) is 13.3. The van der Waals surface area contributed by atoms with Crippen molar-refractivity contribution in [3.63, 3.8) is 0 Å². The van der Waals surface area contributed by atoms with Gasteiger partial charge in [0.25, 0.3) is 11.5 Å². The number of hydrogen-bond acceptors (Lipinski definition) is 10. The zero-order valence-electron chi connectivity index (χ0n) is 21.9. The number of rotatable bonds is 9. The minimum absolute atomic E-state index is 0.0552. The van der Waals surface area contributed by atoms with Crippen molar-refractivity contribution in [1.82, 2.24) is 14.3 Å². The normalized spacial score (nSPS) is 15.1. The summed E-state index contributed by atoms with van der Waals surface area (Å²) in [5, 5.41) is 15.9. The summed E-state index contributed by atoms with van der Waals surface area (Å²) in [4.78, 5) is 41.3. The van der Waals surface area contributed by atoms with Gasteiger partial charge in [-0.1, -0.05) is 57.6 Å². The molecule has 0 saturated carbocycles. The Morgan fingerprint density at radius 2 is 2.17 bits per heavy atom. The molecule has 0 fully saturated rings. The van der Waals surface area contributed by atoms with Crippen molar-refractivity contribution in [3.05, 3.63) is 93.1 Å². The number of amides is 1. The second-order valence-electron chi connectivity index (χ2n) is 9.32. The number of para-hydroxylation sites is 1. The number of benzene rings is 1. The van der Waals surface area contributed by atoms with Gasteiger partial charge in [0.05, 0.1) is 23.2 Å². The van der Waals surface area contributed by atoms with Gasteiger partial charge in [0.1, 0.15) is 22.2 Å². The number of anilines is 3. The number of allylic oxidation sites excluding steroid dienone is 1. The molecule has 5 heterocycles. The Kier molecular flexibility index (Phi) is 7.91. The number of halogens is 1. The van der Waals surface area contributed by atoms with Crippen LogP contribution in [0.1, 0.15) is 32.6 Å². The minimum Gasteiger partial charge on any atom is -0.492 e. The van der Waals surface area contributed by atoms with Gasteiger partial charge in [0.2, 0.25) is 5.88 Å². The smallest absolute Gasteiger partial charge is 0.274 e. The van der Waals surface area contributed by atoms with E-state index in [4.69, 9.17) is 15.1 Å². The second-order valence-corrected chi connectivity index (χ2v) is 11.8. The van der Waals surface area contributed by atoms with E-state index in [1.807, 2.05) is 48.6 Å². The monoisotopic (exact) mass is 665 g/mol. The maximum Gasteiger partial charge on any atom is 0.274 e. The van der Waals surface area contributed by atoms with E-state index in [0.717, 1.165) is 45.2 Å². The molecular formula is C28H24BrN7O4S2. The van der Waals surface area contributed by atoms with E-state index in [9.17, 15) is 14.7 Å². The predicted octanol–water partition coefficient (Wildman–Crippen LogP) is 5.13. The molecule has 1 aliphatic heterocycles. The van der Waals surface area contributed by atoms with Crippen LogP contribution in [-0.4, -0.2) is 49.6 Å². The molecule has 5 N–H and O–H groups in total. The summed E-state index contributed by atoms with van der Waals surface area (Å²) >= 11 is 5.42. The van der Waals surface area contributed by atoms with Gasteiger partial charge < -0.3 is 25.5 Å². The maximum atomic E-state index is 13.8. The summed E-state index contributed by atoms with van der Waals surface area (Å²) in [6.45, 7) is 0.702. The first-order chi connectivity index (χ1) is 20.4. The lowest BCUT2D eigenvalue weighted by Gasteiger charge is -2.16. The Hall–Kier alpha value is -4.27. The number of furan rings is 1. The second kappa shape index (κ2) is 11.9. The van der Waals surface area contributed by atoms with Crippen molar-refractivity contribution < 1.29 is 14.3 Å². The third-order valence-electron chi connectivity index (χ3n) is 6.66. The van der Waals surface area contributed by atoms with E-state index in [2.05, 4.69) is 35.6 Å². The van der Waals surface area contributed by atoms with Crippen molar-refractivity contribution in [1.29, 1.82) is 0 Å². The van der Waals surface area contributed by atoms with Crippen molar-refractivity contribution in [3.8, 4) is 5.88 Å². The number of nitrogens with two attached hydrogens (primary N) is 1. The van der Waals surface area contributed by atoms with Crippen molar-refractivity contribution in [2.45, 2.75) is 12.3 Å². The fourth-order valence-corrected chi connectivity index (χ4v) is 6.56. The lowest BCUT2D eigenvalue weighted by molar-refractivity contribution is 0.0990. The molecule has 1 amide bonds. The number of carbonyl (C=O) groups is 1. The van der Waals surface area contributed by atoms with Crippen LogP contribution >= 0.6 is 38.8 Å². The van der Waals surface area contributed by atoms with Gasteiger partial charge in [-0.15, -0.1) is 0 Å². The van der Waals surface area contributed by atoms with Gasteiger partial charge >= 0.3 is 0 Å². The van der Waals surface area contributed by atoms with Crippen LogP contribution < -0.4 is 21.5 Å². The number of aromatic hydroxyl groups is 1. The van der Waals surface area contributed by atoms with Crippen LogP contribution in [0.4, 0.5) is 15.8 Å². The number of amidine groups is 1. The number of aromatic amines is 1. The van der Waals surface area contributed by atoms with Crippen molar-refractivity contribution >= 4 is 77.3 Å². The molecule has 14 heteroatoms. The third-order valence-corrected chi connectivity index (χ3v) is 8.78. The molecule has 4 aromatic heterocycles. The molecule has 0 radical (unpaired) electrons. The Balaban J connectivity index is 1.25. The number of nitrogens with one attached hydrogen (secondary N) is 2. The summed E-state index contributed by atoms with van der Waals surface area (Å²) in [7, 11) is 0. The largest absolute Gasteiger partial charge is 0.492 e. The predicted molar refractivity (Wildman–Crippen MR) is 169 cm³/mol. The number of aliphatic imine (C=N–C) groups is 1. The summed E-state index contributed by atoms with van der Waals surface area (Å²) in [5.74, 6) is -0.0953. The molecule has 5 aromatic rings. The van der Waals surface area contributed by atoms with Crippen LogP contribution in [0, 0.1) is 0 Å². The number of alkyl halides is 1. The average molecular weight is 667 g/mol. The van der Waals surface area contributed by atoms with Crippen LogP contribution in [0.5, 0.6) is 5.88 Å². The number of aromatic nitrogens is 3. The highest BCUT2D eigenvalue weighted by atomic mass is 79.9. The SMILES string of the molecule is NC(=NCCc1ccco1)c1c(Nc2nc(O)c(C(=O)N3CC(/C=C/CBr)c4nc5ccccc5cc43)s2)s[nH]c1=O. The Morgan fingerprint density at radius 3 is 2.98 bits per heavy atom. The standard InChI is InChI=1S/C28H24BrN7O4S2/c29-10-3-6-16-14-36(19-13-15-5-1-2-8-18(15)32-21(16)19)27(39)22-25(38)33-28(41-22)34-26-20(24(37)35-42-26)23(30)31-11-9-17-7-4-12-40-17/h1-8,12-13,16,38H,9-11,14H2,(H2,30,31)(H,33,34)(H,35,37)/b6-3+. The highest BCUT2D eigenvalue weighted by Gasteiger charge is 2.35. The molecule has 0 spiro atoms. The van der Waals surface area contributed by atoms with Gasteiger partial charge in [-0.2, -0.15) is 4.98 Å². The molecule has 6 rings (SSSR count). The Morgan fingerprint density at radius 1 is 1.31 bits per heavy atom. The zero-order chi connectivity index (χ0) is 29.2. The first kappa shape index (κ1) is 27.9. The van der Waals surface area contributed by atoms with Crippen LogP contribution in [0.3, 0.4) is 0 Å². The van der Waals surface area contributed by atoms with E-state index in [-0.39, 0.29) is 27.3 Å². The molecule has 0 aliphatic carbocycles. The van der Waals surface area contributed by atoms with E-state index in [0.29, 0.717) is 35.5 Å². The topological polar surface area (TPSA) is 163 Å². The zero-order valence-corrected chi connectivity index (χ0v) is 25.1. The van der Waals surface area contributed by atoms with Crippen molar-refractivity contribution in [2.75, 3.05) is 28.6 Å². The Labute approximate surface area is 255 Å². The van der Waals surface area contributed by atoms with Crippen LogP contribution in [-0.2, 0) is 6.42 Å². The Bertz CT molecular complexity index is 1880. The number of pyridine rings is 1. The molecule has 1 unspecified atom stereocenters. The number of carbonyl (C=O) groups excluding carboxylic acids is 1. The first-order valence-electron chi connectivity index (χ1n) is 12.9. The summed E-state index contributed by atoms with van der Waals surface area (Å²) in [6.07, 6.45) is 6.12. The van der Waals surface area contributed by atoms with Gasteiger partial charge in [-0.3, -0.25) is 19.0 Å². The molecule has 0 saturated heterocycles. The lowest BCUT2D eigenvalue weighted by Crippen LogP contribution is -2.29. The number of hydrogen-bond donors (Lipinski definition) is 4. The lowest BCUT2D eigenvalue weighted by atomic mass is 10.1. The van der Waals surface area contributed by atoms with Gasteiger partial charge in [0, 0.05) is 36.1 Å². The molecule has 214 valence electrons. The molecular weight excluding hydrogens is 642 g/mol. The van der Waals surface area contributed by atoms with E-state index >= 15 is 0 Å². The summed E-state index contributed by atoms with van der Waals surface area (Å²) < 4.78 is 7.95. The van der Waals surface area contributed by atoms with Crippen LogP contribution in [0.15, 0.2) is 75.1 Å². The van der Waals surface area contributed by atoms with Crippen LogP contribution in [0.25, 0.3) is 10.9 Å². The first-order valence-corrected chi connectivity index (χ1v) is 15.6. The van der Waals surface area contributed by atoms with E-state index < -0.39 is 17.3 Å². The molecule has 1 atom stereocenters. The van der Waals surface area contributed by atoms with Gasteiger partial charge in [0.15, 0.2) is 10.0 Å². The maximum absolute atomic E-state index is 13.8. The number of H-pyrrole nitrogens is 1. The molecule has 0 bridgehead atoms.